The highest BCUT2D eigenvalue weighted by atomic mass is 16.3. The number of hydrogen-bond acceptors (Lipinski definition) is 2. The smallest absolute Gasteiger partial charge is 0.164 e. The predicted molar refractivity (Wildman–Crippen MR) is 55.4 cm³/mol. The molecule has 0 aliphatic rings. The van der Waals surface area contributed by atoms with Gasteiger partial charge in [-0.05, 0) is 24.5 Å². The SMILES string of the molecule is CC(C)Cc1nn2ccccc2c1O. The van der Waals surface area contributed by atoms with E-state index in [4.69, 9.17) is 0 Å². The summed E-state index contributed by atoms with van der Waals surface area (Å²) in [6.45, 7) is 4.23. The van der Waals surface area contributed by atoms with Crippen LogP contribution in [-0.4, -0.2) is 14.7 Å². The fourth-order valence-corrected chi connectivity index (χ4v) is 1.56. The van der Waals surface area contributed by atoms with Gasteiger partial charge in [0.05, 0.1) is 0 Å². The summed E-state index contributed by atoms with van der Waals surface area (Å²) in [5.74, 6) is 0.824. The number of pyridine rings is 1. The second kappa shape index (κ2) is 3.33. The zero-order valence-electron chi connectivity index (χ0n) is 8.44. The maximum absolute atomic E-state index is 9.86. The summed E-state index contributed by atoms with van der Waals surface area (Å²) in [7, 11) is 0. The highest BCUT2D eigenvalue weighted by molar-refractivity contribution is 5.60. The van der Waals surface area contributed by atoms with Crippen LogP contribution in [0.5, 0.6) is 5.75 Å². The lowest BCUT2D eigenvalue weighted by molar-refractivity contribution is 0.467. The van der Waals surface area contributed by atoms with Gasteiger partial charge in [-0.2, -0.15) is 5.10 Å². The molecule has 14 heavy (non-hydrogen) atoms. The molecule has 0 amide bonds. The molecule has 0 aliphatic heterocycles. The lowest BCUT2D eigenvalue weighted by atomic mass is 10.1. The van der Waals surface area contributed by atoms with Crippen LogP contribution in [0, 0.1) is 5.92 Å². The quantitative estimate of drug-likeness (QED) is 0.788. The number of hydrogen-bond donors (Lipinski definition) is 1. The molecule has 2 aromatic rings. The van der Waals surface area contributed by atoms with Crippen molar-refractivity contribution in [3.05, 3.63) is 30.1 Å². The van der Waals surface area contributed by atoms with Gasteiger partial charge in [0.15, 0.2) is 5.75 Å². The Morgan fingerprint density at radius 3 is 2.86 bits per heavy atom. The molecule has 0 unspecified atom stereocenters. The van der Waals surface area contributed by atoms with Gasteiger partial charge in [0.2, 0.25) is 0 Å². The first kappa shape index (κ1) is 9.06. The van der Waals surface area contributed by atoms with Crippen LogP contribution in [0.25, 0.3) is 5.52 Å². The second-order valence-electron chi connectivity index (χ2n) is 3.92. The van der Waals surface area contributed by atoms with E-state index in [1.54, 1.807) is 4.52 Å². The summed E-state index contributed by atoms with van der Waals surface area (Å²) in [6, 6.07) is 5.67. The molecule has 0 aromatic carbocycles. The molecule has 0 fully saturated rings. The molecule has 2 aromatic heterocycles. The molecule has 3 nitrogen and oxygen atoms in total. The highest BCUT2D eigenvalue weighted by Gasteiger charge is 2.11. The van der Waals surface area contributed by atoms with Crippen LogP contribution in [0.4, 0.5) is 0 Å². The van der Waals surface area contributed by atoms with Gasteiger partial charge in [0.25, 0.3) is 0 Å². The van der Waals surface area contributed by atoms with E-state index >= 15 is 0 Å². The molecule has 2 heterocycles. The third-order valence-electron chi connectivity index (χ3n) is 2.19. The van der Waals surface area contributed by atoms with Gasteiger partial charge in [-0.25, -0.2) is 4.52 Å². The van der Waals surface area contributed by atoms with Crippen molar-refractivity contribution in [3.63, 3.8) is 0 Å². The second-order valence-corrected chi connectivity index (χ2v) is 3.92. The number of aromatic nitrogens is 2. The molecule has 0 aliphatic carbocycles. The normalized spacial score (nSPS) is 11.4. The van der Waals surface area contributed by atoms with E-state index in [0.29, 0.717) is 11.7 Å². The van der Waals surface area contributed by atoms with E-state index in [2.05, 4.69) is 18.9 Å². The maximum atomic E-state index is 9.86. The zero-order chi connectivity index (χ0) is 10.1. The summed E-state index contributed by atoms with van der Waals surface area (Å²) in [5, 5.41) is 14.2. The average Bonchev–Trinajstić information content (AvgIpc) is 2.44. The Bertz CT molecular complexity index is 445. The van der Waals surface area contributed by atoms with Crippen molar-refractivity contribution >= 4 is 5.52 Å². The Morgan fingerprint density at radius 1 is 1.43 bits per heavy atom. The Morgan fingerprint density at radius 2 is 2.21 bits per heavy atom. The molecule has 0 atom stereocenters. The molecular formula is C11H14N2O. The molecular weight excluding hydrogens is 176 g/mol. The number of nitrogens with zero attached hydrogens (tertiary/aromatic N) is 2. The fraction of sp³-hybridized carbons (Fsp3) is 0.364. The lowest BCUT2D eigenvalue weighted by Crippen LogP contribution is -1.95. The summed E-state index contributed by atoms with van der Waals surface area (Å²) in [6.07, 6.45) is 2.66. The van der Waals surface area contributed by atoms with Crippen molar-refractivity contribution in [3.8, 4) is 5.75 Å². The van der Waals surface area contributed by atoms with Crippen molar-refractivity contribution in [2.24, 2.45) is 5.92 Å². The lowest BCUT2D eigenvalue weighted by Gasteiger charge is -1.99. The van der Waals surface area contributed by atoms with Gasteiger partial charge in [-0.1, -0.05) is 19.9 Å². The highest BCUT2D eigenvalue weighted by Crippen LogP contribution is 2.24. The third-order valence-corrected chi connectivity index (χ3v) is 2.19. The summed E-state index contributed by atoms with van der Waals surface area (Å²) in [5.41, 5.74) is 1.56. The van der Waals surface area contributed by atoms with Crippen molar-refractivity contribution in [1.82, 2.24) is 9.61 Å². The van der Waals surface area contributed by atoms with E-state index < -0.39 is 0 Å². The molecule has 74 valence electrons. The molecule has 0 saturated carbocycles. The zero-order valence-corrected chi connectivity index (χ0v) is 8.44. The van der Waals surface area contributed by atoms with Crippen LogP contribution in [-0.2, 0) is 6.42 Å². The minimum absolute atomic E-state index is 0.319. The van der Waals surface area contributed by atoms with Crippen molar-refractivity contribution in [2.45, 2.75) is 20.3 Å². The van der Waals surface area contributed by atoms with Gasteiger partial charge in [0.1, 0.15) is 11.2 Å². The van der Waals surface area contributed by atoms with Gasteiger partial charge < -0.3 is 5.11 Å². The van der Waals surface area contributed by atoms with E-state index in [-0.39, 0.29) is 0 Å². The van der Waals surface area contributed by atoms with Crippen LogP contribution in [0.3, 0.4) is 0 Å². The summed E-state index contributed by atoms with van der Waals surface area (Å²) in [4.78, 5) is 0. The minimum atomic E-state index is 0.319. The van der Waals surface area contributed by atoms with Gasteiger partial charge in [0, 0.05) is 6.20 Å². The molecule has 0 radical (unpaired) electrons. The van der Waals surface area contributed by atoms with E-state index in [1.165, 1.54) is 0 Å². The maximum Gasteiger partial charge on any atom is 0.164 e. The van der Waals surface area contributed by atoms with Gasteiger partial charge in [-0.3, -0.25) is 0 Å². The van der Waals surface area contributed by atoms with Crippen molar-refractivity contribution in [1.29, 1.82) is 0 Å². The first-order valence-electron chi connectivity index (χ1n) is 4.83. The first-order chi connectivity index (χ1) is 6.68. The van der Waals surface area contributed by atoms with Crippen LogP contribution < -0.4 is 0 Å². The average molecular weight is 190 g/mol. The Kier molecular flexibility index (Phi) is 2.15. The van der Waals surface area contributed by atoms with Crippen molar-refractivity contribution in [2.75, 3.05) is 0 Å². The van der Waals surface area contributed by atoms with E-state index in [0.717, 1.165) is 17.6 Å². The molecule has 2 rings (SSSR count). The number of aromatic hydroxyl groups is 1. The topological polar surface area (TPSA) is 37.5 Å². The van der Waals surface area contributed by atoms with Crippen LogP contribution in [0.1, 0.15) is 19.5 Å². The first-order valence-corrected chi connectivity index (χ1v) is 4.83. The standard InChI is InChI=1S/C11H14N2O/c1-8(2)7-9-11(14)10-5-3-4-6-13(10)12-9/h3-6,8,14H,7H2,1-2H3. The molecule has 3 heteroatoms. The number of fused-ring (bicyclic) bond motifs is 1. The van der Waals surface area contributed by atoms with Crippen molar-refractivity contribution < 1.29 is 5.11 Å². The molecule has 0 spiro atoms. The largest absolute Gasteiger partial charge is 0.504 e. The van der Waals surface area contributed by atoms with E-state index in [1.807, 2.05) is 24.4 Å². The predicted octanol–water partition coefficient (Wildman–Crippen LogP) is 2.24. The monoisotopic (exact) mass is 190 g/mol. The van der Waals surface area contributed by atoms with Gasteiger partial charge >= 0.3 is 0 Å². The number of rotatable bonds is 2. The van der Waals surface area contributed by atoms with E-state index in [9.17, 15) is 5.11 Å². The molecule has 0 bridgehead atoms. The van der Waals surface area contributed by atoms with Crippen LogP contribution in [0.15, 0.2) is 24.4 Å². The fourth-order valence-electron chi connectivity index (χ4n) is 1.56. The molecule has 0 saturated heterocycles. The van der Waals surface area contributed by atoms with Crippen LogP contribution >= 0.6 is 0 Å². The summed E-state index contributed by atoms with van der Waals surface area (Å²) < 4.78 is 1.72. The Hall–Kier alpha value is -1.51. The van der Waals surface area contributed by atoms with Crippen LogP contribution in [0.2, 0.25) is 0 Å². The third kappa shape index (κ3) is 1.45. The Balaban J connectivity index is 2.51. The Labute approximate surface area is 83.0 Å². The summed E-state index contributed by atoms with van der Waals surface area (Å²) >= 11 is 0. The minimum Gasteiger partial charge on any atom is -0.504 e. The molecule has 1 N–H and O–H groups in total. The van der Waals surface area contributed by atoms with Gasteiger partial charge in [-0.15, -0.1) is 0 Å².